The summed E-state index contributed by atoms with van der Waals surface area (Å²) in [5.41, 5.74) is 5.04. The Morgan fingerprint density at radius 2 is 1.96 bits per heavy atom. The average molecular weight is 368 g/mol. The van der Waals surface area contributed by atoms with Crippen LogP contribution in [0.4, 0.5) is 5.69 Å². The Morgan fingerprint density at radius 3 is 2.77 bits per heavy atom. The lowest BCUT2D eigenvalue weighted by Gasteiger charge is -2.36. The maximum atomic E-state index is 5.60. The van der Waals surface area contributed by atoms with Crippen molar-refractivity contribution >= 4 is 23.0 Å². The van der Waals surface area contributed by atoms with Gasteiger partial charge >= 0.3 is 0 Å². The minimum absolute atomic E-state index is 0.822. The van der Waals surface area contributed by atoms with Crippen molar-refractivity contribution in [2.75, 3.05) is 38.1 Å². The fourth-order valence-corrected chi connectivity index (χ4v) is 3.93. The fourth-order valence-electron chi connectivity index (χ4n) is 3.63. The van der Waals surface area contributed by atoms with Crippen LogP contribution in [0.5, 0.6) is 5.75 Å². The number of nitrogens with zero attached hydrogens (tertiary/aromatic N) is 2. The van der Waals surface area contributed by atoms with Crippen LogP contribution in [0.2, 0.25) is 0 Å². The first-order valence-corrected chi connectivity index (χ1v) is 9.68. The van der Waals surface area contributed by atoms with Gasteiger partial charge in [0.25, 0.3) is 0 Å². The molecule has 26 heavy (non-hydrogen) atoms. The van der Waals surface area contributed by atoms with E-state index in [0.717, 1.165) is 62.3 Å². The molecular formula is C21H25N3OS. The molecule has 1 saturated heterocycles. The first kappa shape index (κ1) is 17.3. The van der Waals surface area contributed by atoms with Crippen LogP contribution < -0.4 is 10.1 Å². The number of anilines is 1. The van der Waals surface area contributed by atoms with E-state index in [2.05, 4.69) is 64.5 Å². The number of fused-ring (bicyclic) bond motifs is 1. The molecule has 2 aromatic carbocycles. The monoisotopic (exact) mass is 367 g/mol. The van der Waals surface area contributed by atoms with Crippen LogP contribution in [-0.4, -0.2) is 47.7 Å². The van der Waals surface area contributed by atoms with E-state index >= 15 is 0 Å². The molecule has 0 radical (unpaired) electrons. The maximum absolute atomic E-state index is 5.60. The molecule has 2 aromatic rings. The predicted molar refractivity (Wildman–Crippen MR) is 110 cm³/mol. The Kier molecular flexibility index (Phi) is 5.09. The normalized spacial score (nSPS) is 16.9. The minimum Gasteiger partial charge on any atom is -0.493 e. The molecule has 0 amide bonds. The van der Waals surface area contributed by atoms with E-state index in [0.29, 0.717) is 0 Å². The van der Waals surface area contributed by atoms with Crippen LogP contribution in [0.1, 0.15) is 16.7 Å². The average Bonchev–Trinajstić information content (AvgIpc) is 3.10. The summed E-state index contributed by atoms with van der Waals surface area (Å²) in [5, 5.41) is 4.19. The van der Waals surface area contributed by atoms with Crippen LogP contribution >= 0.6 is 12.2 Å². The molecule has 0 spiro atoms. The molecule has 0 bridgehead atoms. The van der Waals surface area contributed by atoms with E-state index in [1.807, 2.05) is 0 Å². The Morgan fingerprint density at radius 1 is 1.12 bits per heavy atom. The van der Waals surface area contributed by atoms with Gasteiger partial charge in [-0.1, -0.05) is 24.3 Å². The third kappa shape index (κ3) is 4.00. The molecule has 5 heteroatoms. The Balaban J connectivity index is 1.29. The van der Waals surface area contributed by atoms with Gasteiger partial charge in [0, 0.05) is 44.8 Å². The number of nitrogens with one attached hydrogen (secondary N) is 1. The van der Waals surface area contributed by atoms with Crippen molar-refractivity contribution in [3.63, 3.8) is 0 Å². The number of hydrogen-bond acceptors (Lipinski definition) is 3. The lowest BCUT2D eigenvalue weighted by molar-refractivity contribution is 0.177. The zero-order valence-electron chi connectivity index (χ0n) is 15.2. The van der Waals surface area contributed by atoms with Crippen LogP contribution in [0.3, 0.4) is 0 Å². The third-order valence-electron chi connectivity index (χ3n) is 5.09. The van der Waals surface area contributed by atoms with Gasteiger partial charge in [-0.2, -0.15) is 0 Å². The van der Waals surface area contributed by atoms with Gasteiger partial charge in [0.1, 0.15) is 5.75 Å². The summed E-state index contributed by atoms with van der Waals surface area (Å²) in [5.74, 6) is 1.06. The SMILES string of the molecule is Cc1cccc(NC(=S)N2CCN(Cc3ccc4c(c3)CCO4)CC2)c1. The second-order valence-electron chi connectivity index (χ2n) is 7.10. The third-order valence-corrected chi connectivity index (χ3v) is 5.45. The van der Waals surface area contributed by atoms with Crippen molar-refractivity contribution in [3.8, 4) is 5.75 Å². The van der Waals surface area contributed by atoms with Crippen molar-refractivity contribution in [1.29, 1.82) is 0 Å². The Bertz CT molecular complexity index is 800. The summed E-state index contributed by atoms with van der Waals surface area (Å²) in [6.45, 7) is 7.91. The smallest absolute Gasteiger partial charge is 0.173 e. The van der Waals surface area contributed by atoms with Crippen molar-refractivity contribution in [1.82, 2.24) is 9.80 Å². The van der Waals surface area contributed by atoms with E-state index in [4.69, 9.17) is 17.0 Å². The molecule has 0 unspecified atom stereocenters. The second kappa shape index (κ2) is 7.64. The van der Waals surface area contributed by atoms with Gasteiger partial charge in [-0.3, -0.25) is 4.90 Å². The molecule has 0 aromatic heterocycles. The standard InChI is InChI=1S/C21H25N3OS/c1-16-3-2-4-19(13-16)22-21(26)24-10-8-23(9-11-24)15-17-5-6-20-18(14-17)7-12-25-20/h2-6,13-14H,7-12,15H2,1H3,(H,22,26). The summed E-state index contributed by atoms with van der Waals surface area (Å²) in [6.07, 6.45) is 1.04. The van der Waals surface area contributed by atoms with Crippen LogP contribution in [0.15, 0.2) is 42.5 Å². The predicted octanol–water partition coefficient (Wildman–Crippen LogP) is 3.44. The Hall–Kier alpha value is -2.11. The van der Waals surface area contributed by atoms with E-state index in [-0.39, 0.29) is 0 Å². The highest BCUT2D eigenvalue weighted by molar-refractivity contribution is 7.80. The zero-order valence-corrected chi connectivity index (χ0v) is 16.0. The molecule has 1 fully saturated rings. The van der Waals surface area contributed by atoms with Crippen LogP contribution in [-0.2, 0) is 13.0 Å². The number of piperazine rings is 1. The van der Waals surface area contributed by atoms with E-state index < -0.39 is 0 Å². The molecular weight excluding hydrogens is 342 g/mol. The lowest BCUT2D eigenvalue weighted by Crippen LogP contribution is -2.49. The van der Waals surface area contributed by atoms with Crippen molar-refractivity contribution in [2.24, 2.45) is 0 Å². The Labute approximate surface area is 160 Å². The van der Waals surface area contributed by atoms with Gasteiger partial charge in [-0.15, -0.1) is 0 Å². The van der Waals surface area contributed by atoms with Crippen molar-refractivity contribution in [2.45, 2.75) is 19.9 Å². The summed E-state index contributed by atoms with van der Waals surface area (Å²) >= 11 is 5.60. The molecule has 136 valence electrons. The van der Waals surface area contributed by atoms with Gasteiger partial charge < -0.3 is 15.0 Å². The number of aryl methyl sites for hydroxylation is 1. The molecule has 0 aliphatic carbocycles. The van der Waals surface area contributed by atoms with Crippen LogP contribution in [0, 0.1) is 6.92 Å². The molecule has 2 heterocycles. The largest absolute Gasteiger partial charge is 0.493 e. The molecule has 1 N–H and O–H groups in total. The summed E-state index contributed by atoms with van der Waals surface area (Å²) in [4.78, 5) is 4.77. The van der Waals surface area contributed by atoms with Crippen LogP contribution in [0.25, 0.3) is 0 Å². The first-order chi connectivity index (χ1) is 12.7. The number of rotatable bonds is 3. The molecule has 4 nitrogen and oxygen atoms in total. The van der Waals surface area contributed by atoms with Crippen molar-refractivity contribution in [3.05, 3.63) is 59.2 Å². The summed E-state index contributed by atoms with van der Waals surface area (Å²) in [7, 11) is 0. The lowest BCUT2D eigenvalue weighted by atomic mass is 10.1. The van der Waals surface area contributed by atoms with Gasteiger partial charge in [-0.05, 0) is 54.0 Å². The summed E-state index contributed by atoms with van der Waals surface area (Å²) in [6, 6.07) is 15.0. The number of ether oxygens (including phenoxy) is 1. The van der Waals surface area contributed by atoms with E-state index in [1.165, 1.54) is 16.7 Å². The maximum Gasteiger partial charge on any atom is 0.173 e. The molecule has 0 atom stereocenters. The molecule has 2 aliphatic rings. The highest BCUT2D eigenvalue weighted by Gasteiger charge is 2.20. The van der Waals surface area contributed by atoms with Gasteiger partial charge in [0.05, 0.1) is 6.61 Å². The number of thiocarbonyl (C=S) groups is 1. The zero-order chi connectivity index (χ0) is 17.9. The summed E-state index contributed by atoms with van der Waals surface area (Å²) < 4.78 is 5.60. The van der Waals surface area contributed by atoms with E-state index in [9.17, 15) is 0 Å². The van der Waals surface area contributed by atoms with Crippen molar-refractivity contribution < 1.29 is 4.74 Å². The molecule has 0 saturated carbocycles. The first-order valence-electron chi connectivity index (χ1n) is 9.27. The van der Waals surface area contributed by atoms with Gasteiger partial charge in [0.2, 0.25) is 0 Å². The number of hydrogen-bond donors (Lipinski definition) is 1. The van der Waals surface area contributed by atoms with Gasteiger partial charge in [-0.25, -0.2) is 0 Å². The number of benzene rings is 2. The highest BCUT2D eigenvalue weighted by Crippen LogP contribution is 2.26. The van der Waals surface area contributed by atoms with Gasteiger partial charge in [0.15, 0.2) is 5.11 Å². The quantitative estimate of drug-likeness (QED) is 0.839. The highest BCUT2D eigenvalue weighted by atomic mass is 32.1. The molecule has 4 rings (SSSR count). The van der Waals surface area contributed by atoms with E-state index in [1.54, 1.807) is 0 Å². The second-order valence-corrected chi connectivity index (χ2v) is 7.49. The molecule has 2 aliphatic heterocycles. The minimum atomic E-state index is 0.822. The fraction of sp³-hybridized carbons (Fsp3) is 0.381. The topological polar surface area (TPSA) is 27.7 Å².